The average Bonchev–Trinajstić information content (AvgIpc) is 2.57. The van der Waals surface area contributed by atoms with Crippen molar-refractivity contribution in [2.24, 2.45) is 0 Å². The Hall–Kier alpha value is -2.07. The standard InChI is InChI=1S/C21H28N2OS/c1-5-24-19-14-10-9-13-18(19)23-20(25)22-16(2)15-21(3,4)17-11-7-6-8-12-17/h6-14,16H,5,15H2,1-4H3,(H2,22,23,25)/t16-/m0/s1. The van der Waals surface area contributed by atoms with Gasteiger partial charge >= 0.3 is 0 Å². The zero-order valence-corrected chi connectivity index (χ0v) is 16.3. The van der Waals surface area contributed by atoms with E-state index in [-0.39, 0.29) is 11.5 Å². The maximum absolute atomic E-state index is 5.63. The van der Waals surface area contributed by atoms with Crippen molar-refractivity contribution in [2.45, 2.75) is 45.6 Å². The summed E-state index contributed by atoms with van der Waals surface area (Å²) >= 11 is 5.48. The summed E-state index contributed by atoms with van der Waals surface area (Å²) in [4.78, 5) is 0. The summed E-state index contributed by atoms with van der Waals surface area (Å²) in [5, 5.41) is 7.25. The predicted octanol–water partition coefficient (Wildman–Crippen LogP) is 5.13. The molecule has 0 fully saturated rings. The van der Waals surface area contributed by atoms with Crippen LogP contribution in [-0.4, -0.2) is 17.8 Å². The maximum Gasteiger partial charge on any atom is 0.171 e. The van der Waals surface area contributed by atoms with Crippen LogP contribution in [0.15, 0.2) is 54.6 Å². The van der Waals surface area contributed by atoms with Gasteiger partial charge in [-0.2, -0.15) is 0 Å². The summed E-state index contributed by atoms with van der Waals surface area (Å²) in [6.07, 6.45) is 0.978. The molecule has 0 amide bonds. The van der Waals surface area contributed by atoms with E-state index in [1.165, 1.54) is 5.56 Å². The second kappa shape index (κ2) is 8.86. The number of nitrogens with one attached hydrogen (secondary N) is 2. The van der Waals surface area contributed by atoms with Crippen molar-refractivity contribution >= 4 is 23.0 Å². The molecule has 0 bridgehead atoms. The van der Waals surface area contributed by atoms with Gasteiger partial charge in [0.1, 0.15) is 5.75 Å². The van der Waals surface area contributed by atoms with E-state index in [1.807, 2.05) is 31.2 Å². The van der Waals surface area contributed by atoms with Crippen molar-refractivity contribution in [1.82, 2.24) is 5.32 Å². The van der Waals surface area contributed by atoms with Gasteiger partial charge in [0, 0.05) is 6.04 Å². The number of hydrogen-bond acceptors (Lipinski definition) is 2. The third kappa shape index (κ3) is 5.75. The van der Waals surface area contributed by atoms with Gasteiger partial charge in [-0.3, -0.25) is 0 Å². The minimum atomic E-state index is 0.0759. The first-order chi connectivity index (χ1) is 11.9. The monoisotopic (exact) mass is 356 g/mol. The van der Waals surface area contributed by atoms with E-state index in [9.17, 15) is 0 Å². The molecule has 0 aliphatic rings. The zero-order valence-electron chi connectivity index (χ0n) is 15.5. The molecule has 2 rings (SSSR count). The van der Waals surface area contributed by atoms with Gasteiger partial charge in [-0.05, 0) is 55.6 Å². The Kier molecular flexibility index (Phi) is 6.82. The van der Waals surface area contributed by atoms with Gasteiger partial charge in [-0.25, -0.2) is 0 Å². The molecule has 134 valence electrons. The Morgan fingerprint density at radius 1 is 1.08 bits per heavy atom. The summed E-state index contributed by atoms with van der Waals surface area (Å²) in [6, 6.07) is 18.7. The fraction of sp³-hybridized carbons (Fsp3) is 0.381. The summed E-state index contributed by atoms with van der Waals surface area (Å²) in [5.74, 6) is 0.811. The first-order valence-corrected chi connectivity index (χ1v) is 9.18. The van der Waals surface area contributed by atoms with Gasteiger partial charge in [0.05, 0.1) is 12.3 Å². The van der Waals surface area contributed by atoms with Crippen molar-refractivity contribution in [1.29, 1.82) is 0 Å². The molecule has 0 heterocycles. The summed E-state index contributed by atoms with van der Waals surface area (Å²) < 4.78 is 5.63. The normalized spacial score (nSPS) is 12.3. The number of para-hydroxylation sites is 2. The zero-order chi connectivity index (χ0) is 18.3. The van der Waals surface area contributed by atoms with Gasteiger partial charge in [-0.15, -0.1) is 0 Å². The molecule has 4 heteroatoms. The van der Waals surface area contributed by atoms with Crippen LogP contribution in [0.4, 0.5) is 5.69 Å². The third-order valence-corrected chi connectivity index (χ3v) is 4.40. The molecule has 0 aliphatic heterocycles. The van der Waals surface area contributed by atoms with Crippen LogP contribution < -0.4 is 15.4 Å². The van der Waals surface area contributed by atoms with Crippen LogP contribution in [0, 0.1) is 0 Å². The molecule has 0 unspecified atom stereocenters. The van der Waals surface area contributed by atoms with Crippen molar-refractivity contribution in [3.8, 4) is 5.75 Å². The lowest BCUT2D eigenvalue weighted by Crippen LogP contribution is -2.39. The van der Waals surface area contributed by atoms with Gasteiger partial charge in [0.15, 0.2) is 5.11 Å². The number of thiocarbonyl (C=S) groups is 1. The Morgan fingerprint density at radius 3 is 2.40 bits per heavy atom. The smallest absolute Gasteiger partial charge is 0.171 e. The lowest BCUT2D eigenvalue weighted by atomic mass is 9.79. The quantitative estimate of drug-likeness (QED) is 0.674. The number of anilines is 1. The van der Waals surface area contributed by atoms with Gasteiger partial charge in [-0.1, -0.05) is 56.3 Å². The van der Waals surface area contributed by atoms with Gasteiger partial charge in [0.25, 0.3) is 0 Å². The lowest BCUT2D eigenvalue weighted by Gasteiger charge is -2.30. The highest BCUT2D eigenvalue weighted by Crippen LogP contribution is 2.28. The molecule has 0 saturated carbocycles. The molecular formula is C21H28N2OS. The number of benzene rings is 2. The first-order valence-electron chi connectivity index (χ1n) is 8.77. The van der Waals surface area contributed by atoms with Crippen molar-refractivity contribution in [3.63, 3.8) is 0 Å². The SMILES string of the molecule is CCOc1ccccc1NC(=S)N[C@@H](C)CC(C)(C)c1ccccc1. The molecule has 0 saturated heterocycles. The summed E-state index contributed by atoms with van der Waals surface area (Å²) in [7, 11) is 0. The van der Waals surface area contributed by atoms with E-state index in [4.69, 9.17) is 17.0 Å². The summed E-state index contributed by atoms with van der Waals surface area (Å²) in [6.45, 7) is 9.29. The topological polar surface area (TPSA) is 33.3 Å². The fourth-order valence-corrected chi connectivity index (χ4v) is 3.37. The Labute approximate surface area is 156 Å². The third-order valence-electron chi connectivity index (χ3n) is 4.18. The molecule has 0 aromatic heterocycles. The van der Waals surface area contributed by atoms with Crippen LogP contribution >= 0.6 is 12.2 Å². The van der Waals surface area contributed by atoms with E-state index >= 15 is 0 Å². The molecule has 1 atom stereocenters. The van der Waals surface area contributed by atoms with Gasteiger partial charge in [0.2, 0.25) is 0 Å². The first kappa shape index (κ1) is 19.3. The van der Waals surface area contributed by atoms with Crippen molar-refractivity contribution < 1.29 is 4.74 Å². The predicted molar refractivity (Wildman–Crippen MR) is 111 cm³/mol. The van der Waals surface area contributed by atoms with Crippen LogP contribution in [-0.2, 0) is 5.41 Å². The molecule has 2 aromatic rings. The maximum atomic E-state index is 5.63. The van der Waals surface area contributed by atoms with Crippen molar-refractivity contribution in [2.75, 3.05) is 11.9 Å². The highest BCUT2D eigenvalue weighted by atomic mass is 32.1. The minimum absolute atomic E-state index is 0.0759. The van der Waals surface area contributed by atoms with E-state index in [1.54, 1.807) is 0 Å². The van der Waals surface area contributed by atoms with Gasteiger partial charge < -0.3 is 15.4 Å². The van der Waals surface area contributed by atoms with Crippen LogP contribution in [0.5, 0.6) is 5.75 Å². The molecular weight excluding hydrogens is 328 g/mol. The molecule has 3 nitrogen and oxygen atoms in total. The lowest BCUT2D eigenvalue weighted by molar-refractivity contribution is 0.342. The number of ether oxygens (including phenoxy) is 1. The van der Waals surface area contributed by atoms with E-state index in [2.05, 4.69) is 61.7 Å². The Balaban J connectivity index is 1.94. The van der Waals surface area contributed by atoms with Crippen LogP contribution in [0.25, 0.3) is 0 Å². The molecule has 25 heavy (non-hydrogen) atoms. The number of hydrogen-bond donors (Lipinski definition) is 2. The van der Waals surface area contributed by atoms with Crippen LogP contribution in [0.3, 0.4) is 0 Å². The van der Waals surface area contributed by atoms with E-state index < -0.39 is 0 Å². The number of rotatable bonds is 7. The second-order valence-corrected chi connectivity index (χ2v) is 7.29. The second-order valence-electron chi connectivity index (χ2n) is 6.88. The van der Waals surface area contributed by atoms with E-state index in [0.29, 0.717) is 11.7 Å². The van der Waals surface area contributed by atoms with Crippen LogP contribution in [0.2, 0.25) is 0 Å². The fourth-order valence-electron chi connectivity index (χ4n) is 3.06. The van der Waals surface area contributed by atoms with Crippen molar-refractivity contribution in [3.05, 3.63) is 60.2 Å². The largest absolute Gasteiger partial charge is 0.492 e. The highest BCUT2D eigenvalue weighted by molar-refractivity contribution is 7.80. The Morgan fingerprint density at radius 2 is 1.72 bits per heavy atom. The summed E-state index contributed by atoms with van der Waals surface area (Å²) in [5.41, 5.74) is 2.30. The average molecular weight is 357 g/mol. The minimum Gasteiger partial charge on any atom is -0.492 e. The Bertz CT molecular complexity index is 685. The highest BCUT2D eigenvalue weighted by Gasteiger charge is 2.23. The molecule has 2 aromatic carbocycles. The molecule has 2 N–H and O–H groups in total. The molecule has 0 radical (unpaired) electrons. The van der Waals surface area contributed by atoms with Crippen LogP contribution in [0.1, 0.15) is 39.7 Å². The molecule has 0 spiro atoms. The molecule has 0 aliphatic carbocycles. The van der Waals surface area contributed by atoms with E-state index in [0.717, 1.165) is 17.9 Å².